The highest BCUT2D eigenvalue weighted by Gasteiger charge is 2.54. The van der Waals surface area contributed by atoms with Crippen LogP contribution in [0.4, 0.5) is 13.2 Å². The molecule has 0 aromatic rings. The lowest BCUT2D eigenvalue weighted by Gasteiger charge is -2.38. The molecule has 0 heterocycles. The normalized spacial score (nSPS) is 14.5. The van der Waals surface area contributed by atoms with Crippen molar-refractivity contribution in [2.75, 3.05) is 0 Å². The van der Waals surface area contributed by atoms with E-state index in [2.05, 4.69) is 0 Å². The molecule has 0 amide bonds. The van der Waals surface area contributed by atoms with Crippen molar-refractivity contribution in [1.82, 2.24) is 0 Å². The third-order valence-corrected chi connectivity index (χ3v) is 11.6. The Morgan fingerprint density at radius 1 is 1.00 bits per heavy atom. The van der Waals surface area contributed by atoms with Crippen molar-refractivity contribution < 1.29 is 25.5 Å². The van der Waals surface area contributed by atoms with Gasteiger partial charge >= 0.3 is 15.6 Å². The number of hydrogen-bond donors (Lipinski definition) is 0. The van der Waals surface area contributed by atoms with Crippen LogP contribution in [0.15, 0.2) is 0 Å². The zero-order valence-corrected chi connectivity index (χ0v) is 15.4. The van der Waals surface area contributed by atoms with E-state index in [-0.39, 0.29) is 11.1 Å². The summed E-state index contributed by atoms with van der Waals surface area (Å²) in [5.41, 5.74) is -5.77. The molecule has 0 saturated heterocycles. The molecule has 0 unspecified atom stereocenters. The van der Waals surface area contributed by atoms with E-state index in [1.165, 1.54) is 0 Å². The molecule has 0 rings (SSSR count). The van der Waals surface area contributed by atoms with E-state index in [4.69, 9.17) is 3.87 Å². The standard InChI is InChI=1S/C13H27F3O3SSi/c1-10(2)8-7-9-21(11(3)4,12(5)6)19-20(17,18)13(14,15)16/h10-12H,7-9H2,1-6H3. The van der Waals surface area contributed by atoms with E-state index in [1.807, 2.05) is 13.8 Å². The zero-order valence-electron chi connectivity index (χ0n) is 13.6. The Kier molecular flexibility index (Phi) is 7.43. The van der Waals surface area contributed by atoms with Gasteiger partial charge in [-0.25, -0.2) is 0 Å². The third kappa shape index (κ3) is 5.56. The van der Waals surface area contributed by atoms with Crippen LogP contribution in [0, 0.1) is 5.92 Å². The maximum atomic E-state index is 12.7. The van der Waals surface area contributed by atoms with E-state index < -0.39 is 23.9 Å². The zero-order chi connectivity index (χ0) is 17.1. The first kappa shape index (κ1) is 20.9. The van der Waals surface area contributed by atoms with E-state index in [0.29, 0.717) is 18.4 Å². The van der Waals surface area contributed by atoms with Crippen molar-refractivity contribution in [3.8, 4) is 0 Å². The van der Waals surface area contributed by atoms with Gasteiger partial charge in [-0.3, -0.25) is 0 Å². The summed E-state index contributed by atoms with van der Waals surface area (Å²) in [6.45, 7) is 11.1. The van der Waals surface area contributed by atoms with Crippen molar-refractivity contribution in [3.05, 3.63) is 0 Å². The Morgan fingerprint density at radius 3 is 1.71 bits per heavy atom. The van der Waals surface area contributed by atoms with E-state index in [9.17, 15) is 21.6 Å². The fraction of sp³-hybridized carbons (Fsp3) is 1.00. The van der Waals surface area contributed by atoms with Crippen LogP contribution in [-0.2, 0) is 14.0 Å². The Morgan fingerprint density at radius 2 is 1.43 bits per heavy atom. The predicted octanol–water partition coefficient (Wildman–Crippen LogP) is 5.05. The topological polar surface area (TPSA) is 43.4 Å². The minimum absolute atomic E-state index is 0.207. The highest BCUT2D eigenvalue weighted by molar-refractivity contribution is 7.88. The van der Waals surface area contributed by atoms with Gasteiger partial charge in [0.05, 0.1) is 0 Å². The maximum Gasteiger partial charge on any atom is 0.522 e. The molecule has 0 atom stereocenters. The molecule has 0 N–H and O–H groups in total. The second-order valence-corrected chi connectivity index (χ2v) is 13.3. The van der Waals surface area contributed by atoms with Gasteiger partial charge in [-0.1, -0.05) is 54.4 Å². The summed E-state index contributed by atoms with van der Waals surface area (Å²) in [6.07, 6.45) is 1.54. The molecule has 0 saturated carbocycles. The van der Waals surface area contributed by atoms with E-state index in [1.54, 1.807) is 27.7 Å². The van der Waals surface area contributed by atoms with Gasteiger partial charge in [0.25, 0.3) is 0 Å². The molecule has 0 aliphatic heterocycles. The molecule has 8 heteroatoms. The van der Waals surface area contributed by atoms with E-state index >= 15 is 0 Å². The molecule has 0 spiro atoms. The molecule has 0 aromatic carbocycles. The van der Waals surface area contributed by atoms with Crippen LogP contribution in [0.25, 0.3) is 0 Å². The Bertz CT molecular complexity index is 409. The Labute approximate surface area is 127 Å². The van der Waals surface area contributed by atoms with Gasteiger partial charge in [-0.05, 0) is 23.0 Å². The molecule has 0 aromatic heterocycles. The van der Waals surface area contributed by atoms with Crippen LogP contribution in [0.5, 0.6) is 0 Å². The summed E-state index contributed by atoms with van der Waals surface area (Å²) in [6, 6.07) is 0.426. The van der Waals surface area contributed by atoms with Gasteiger partial charge < -0.3 is 3.87 Å². The van der Waals surface area contributed by atoms with Crippen molar-refractivity contribution in [3.63, 3.8) is 0 Å². The Hall–Kier alpha value is -0.0831. The molecule has 21 heavy (non-hydrogen) atoms. The monoisotopic (exact) mass is 348 g/mol. The van der Waals surface area contributed by atoms with Crippen molar-refractivity contribution in [2.24, 2.45) is 5.92 Å². The average molecular weight is 349 g/mol. The second-order valence-electron chi connectivity index (χ2n) is 6.53. The average Bonchev–Trinajstić information content (AvgIpc) is 2.24. The quantitative estimate of drug-likeness (QED) is 0.455. The first-order chi connectivity index (χ1) is 9.26. The molecule has 128 valence electrons. The molecular weight excluding hydrogens is 321 g/mol. The summed E-state index contributed by atoms with van der Waals surface area (Å²) in [4.78, 5) is 0. The molecule has 3 nitrogen and oxygen atoms in total. The highest BCUT2D eigenvalue weighted by atomic mass is 32.2. The fourth-order valence-corrected chi connectivity index (χ4v) is 9.65. The van der Waals surface area contributed by atoms with Gasteiger partial charge in [0, 0.05) is 0 Å². The molecule has 0 bridgehead atoms. The van der Waals surface area contributed by atoms with E-state index in [0.717, 1.165) is 6.42 Å². The number of alkyl halides is 3. The second kappa shape index (κ2) is 7.46. The van der Waals surface area contributed by atoms with Gasteiger partial charge in [-0.15, -0.1) is 0 Å². The highest BCUT2D eigenvalue weighted by Crippen LogP contribution is 2.42. The Balaban J connectivity index is 5.41. The predicted molar refractivity (Wildman–Crippen MR) is 80.9 cm³/mol. The molecule has 0 fully saturated rings. The van der Waals surface area contributed by atoms with Crippen LogP contribution in [0.3, 0.4) is 0 Å². The fourth-order valence-electron chi connectivity index (χ4n) is 2.52. The largest absolute Gasteiger partial charge is 0.522 e. The summed E-state index contributed by atoms with van der Waals surface area (Å²) in [5.74, 6) is 0.426. The van der Waals surface area contributed by atoms with Crippen LogP contribution >= 0.6 is 0 Å². The lowest BCUT2D eigenvalue weighted by Crippen LogP contribution is -2.48. The van der Waals surface area contributed by atoms with Crippen molar-refractivity contribution >= 4 is 18.4 Å². The van der Waals surface area contributed by atoms with Gasteiger partial charge in [0.2, 0.25) is 8.32 Å². The van der Waals surface area contributed by atoms with Crippen molar-refractivity contribution in [1.29, 1.82) is 0 Å². The van der Waals surface area contributed by atoms with Gasteiger partial charge in [-0.2, -0.15) is 21.6 Å². The smallest absolute Gasteiger partial charge is 0.307 e. The van der Waals surface area contributed by atoms with Gasteiger partial charge in [0.1, 0.15) is 0 Å². The summed E-state index contributed by atoms with van der Waals surface area (Å²) >= 11 is 0. The van der Waals surface area contributed by atoms with Crippen LogP contribution in [0.2, 0.25) is 17.1 Å². The third-order valence-electron chi connectivity index (χ3n) is 3.85. The SMILES string of the molecule is CC(C)CCC[Si](OS(=O)(=O)C(F)(F)F)(C(C)C)C(C)C. The molecule has 0 aliphatic carbocycles. The first-order valence-electron chi connectivity index (χ1n) is 7.28. The van der Waals surface area contributed by atoms with Gasteiger partial charge in [0.15, 0.2) is 0 Å². The summed E-state index contributed by atoms with van der Waals surface area (Å²) in [5, 5.41) is 0. The first-order valence-corrected chi connectivity index (χ1v) is 11.0. The number of hydrogen-bond acceptors (Lipinski definition) is 3. The molecule has 0 aliphatic rings. The van der Waals surface area contributed by atoms with Crippen LogP contribution < -0.4 is 0 Å². The lowest BCUT2D eigenvalue weighted by molar-refractivity contribution is -0.0505. The minimum Gasteiger partial charge on any atom is -0.307 e. The summed E-state index contributed by atoms with van der Waals surface area (Å²) < 4.78 is 65.8. The maximum absolute atomic E-state index is 12.7. The molecular formula is C13H27F3O3SSi. The number of rotatable bonds is 8. The van der Waals surface area contributed by atoms with Crippen LogP contribution in [-0.4, -0.2) is 22.2 Å². The minimum atomic E-state index is -5.53. The van der Waals surface area contributed by atoms with Crippen molar-refractivity contribution in [2.45, 2.75) is 77.0 Å². The summed E-state index contributed by atoms with van der Waals surface area (Å²) in [7, 11) is -8.60. The number of halogens is 3. The lowest BCUT2D eigenvalue weighted by atomic mass is 10.1. The van der Waals surface area contributed by atoms with Crippen LogP contribution in [0.1, 0.15) is 54.4 Å². The molecule has 0 radical (unpaired) electrons.